The second-order valence-corrected chi connectivity index (χ2v) is 6.47. The lowest BCUT2D eigenvalue weighted by Crippen LogP contribution is -2.31. The van der Waals surface area contributed by atoms with Gasteiger partial charge in [0.1, 0.15) is 6.33 Å². The molecule has 1 unspecified atom stereocenters. The number of hydrogen-bond acceptors (Lipinski definition) is 3. The van der Waals surface area contributed by atoms with Crippen molar-refractivity contribution in [3.05, 3.63) is 77.4 Å². The lowest BCUT2D eigenvalue weighted by atomic mass is 9.88. The standard InChI is InChI=1S/C20H20N4O/c1-14-9-11-16(12-10-14)24-13-21-19(23-24)20(25)22-18-8-4-6-15-5-2-3-7-17(15)18/h2-3,5,7,9-13,18H,4,6,8H2,1H3,(H,22,25). The second kappa shape index (κ2) is 6.51. The summed E-state index contributed by atoms with van der Waals surface area (Å²) in [6.45, 7) is 2.03. The molecule has 0 fully saturated rings. The van der Waals surface area contributed by atoms with Gasteiger partial charge in [-0.2, -0.15) is 0 Å². The van der Waals surface area contributed by atoms with E-state index in [4.69, 9.17) is 0 Å². The summed E-state index contributed by atoms with van der Waals surface area (Å²) >= 11 is 0. The second-order valence-electron chi connectivity index (χ2n) is 6.47. The lowest BCUT2D eigenvalue weighted by Gasteiger charge is -2.25. The molecule has 3 aromatic rings. The fourth-order valence-corrected chi connectivity index (χ4v) is 3.32. The maximum absolute atomic E-state index is 12.6. The molecule has 0 bridgehead atoms. The first kappa shape index (κ1) is 15.6. The van der Waals surface area contributed by atoms with Crippen LogP contribution in [-0.2, 0) is 6.42 Å². The summed E-state index contributed by atoms with van der Waals surface area (Å²) in [6, 6.07) is 16.3. The van der Waals surface area contributed by atoms with Gasteiger partial charge in [0.2, 0.25) is 5.82 Å². The predicted octanol–water partition coefficient (Wildman–Crippen LogP) is 3.38. The van der Waals surface area contributed by atoms with Crippen LogP contribution in [-0.4, -0.2) is 20.7 Å². The molecule has 1 heterocycles. The highest BCUT2D eigenvalue weighted by Crippen LogP contribution is 2.29. The molecule has 1 aliphatic rings. The van der Waals surface area contributed by atoms with Crippen LogP contribution in [0, 0.1) is 6.92 Å². The molecule has 1 N–H and O–H groups in total. The summed E-state index contributed by atoms with van der Waals surface area (Å²) in [7, 11) is 0. The van der Waals surface area contributed by atoms with E-state index in [-0.39, 0.29) is 17.8 Å². The molecule has 25 heavy (non-hydrogen) atoms. The molecule has 126 valence electrons. The zero-order chi connectivity index (χ0) is 17.2. The molecule has 1 aromatic heterocycles. The average molecular weight is 332 g/mol. The summed E-state index contributed by atoms with van der Waals surface area (Å²) in [6.07, 6.45) is 4.67. The van der Waals surface area contributed by atoms with Crippen LogP contribution in [0.3, 0.4) is 0 Å². The summed E-state index contributed by atoms with van der Waals surface area (Å²) in [5.41, 5.74) is 4.59. The van der Waals surface area contributed by atoms with E-state index in [1.165, 1.54) is 16.7 Å². The summed E-state index contributed by atoms with van der Waals surface area (Å²) in [5, 5.41) is 7.41. The molecule has 0 saturated carbocycles. The Morgan fingerprint density at radius 2 is 1.96 bits per heavy atom. The first-order valence-corrected chi connectivity index (χ1v) is 8.58. The number of nitrogens with zero attached hydrogens (tertiary/aromatic N) is 3. The van der Waals surface area contributed by atoms with Gasteiger partial charge in [-0.15, -0.1) is 5.10 Å². The van der Waals surface area contributed by atoms with Crippen molar-refractivity contribution in [1.29, 1.82) is 0 Å². The van der Waals surface area contributed by atoms with E-state index in [9.17, 15) is 4.79 Å². The molecule has 5 nitrogen and oxygen atoms in total. The number of amides is 1. The van der Waals surface area contributed by atoms with E-state index in [0.29, 0.717) is 0 Å². The monoisotopic (exact) mass is 332 g/mol. The summed E-state index contributed by atoms with van der Waals surface area (Å²) in [4.78, 5) is 16.7. The number of benzene rings is 2. The Morgan fingerprint density at radius 3 is 2.80 bits per heavy atom. The number of aryl methyl sites for hydroxylation is 2. The summed E-state index contributed by atoms with van der Waals surface area (Å²) in [5.74, 6) is -0.0313. The number of rotatable bonds is 3. The SMILES string of the molecule is Cc1ccc(-n2cnc(C(=O)NC3CCCc4ccccc43)n2)cc1. The number of fused-ring (bicyclic) bond motifs is 1. The van der Waals surface area contributed by atoms with Gasteiger partial charge in [-0.05, 0) is 49.4 Å². The predicted molar refractivity (Wildman–Crippen MR) is 95.7 cm³/mol. The van der Waals surface area contributed by atoms with Crippen LogP contribution in [0.25, 0.3) is 5.69 Å². The first-order valence-electron chi connectivity index (χ1n) is 8.58. The number of nitrogens with one attached hydrogen (secondary N) is 1. The molecule has 1 aliphatic carbocycles. The Kier molecular flexibility index (Phi) is 4.06. The number of aromatic nitrogens is 3. The molecule has 0 saturated heterocycles. The molecule has 0 spiro atoms. The number of carbonyl (C=O) groups excluding carboxylic acids is 1. The van der Waals surface area contributed by atoms with E-state index < -0.39 is 0 Å². The van der Waals surface area contributed by atoms with Gasteiger partial charge < -0.3 is 5.32 Å². The van der Waals surface area contributed by atoms with Crippen LogP contribution < -0.4 is 5.32 Å². The van der Waals surface area contributed by atoms with Crippen molar-refractivity contribution in [3.8, 4) is 5.69 Å². The van der Waals surface area contributed by atoms with Crippen LogP contribution in [0.2, 0.25) is 0 Å². The fraction of sp³-hybridized carbons (Fsp3) is 0.250. The summed E-state index contributed by atoms with van der Waals surface area (Å²) < 4.78 is 1.63. The van der Waals surface area contributed by atoms with Gasteiger partial charge in [0.05, 0.1) is 11.7 Å². The van der Waals surface area contributed by atoms with Gasteiger partial charge in [0, 0.05) is 0 Å². The van der Waals surface area contributed by atoms with Crippen molar-refractivity contribution in [2.45, 2.75) is 32.2 Å². The zero-order valence-corrected chi connectivity index (χ0v) is 14.1. The Balaban J connectivity index is 1.52. The molecule has 5 heteroatoms. The largest absolute Gasteiger partial charge is 0.342 e. The smallest absolute Gasteiger partial charge is 0.291 e. The number of carbonyl (C=O) groups is 1. The van der Waals surface area contributed by atoms with Crippen molar-refractivity contribution in [2.75, 3.05) is 0 Å². The van der Waals surface area contributed by atoms with E-state index in [1.54, 1.807) is 11.0 Å². The zero-order valence-electron chi connectivity index (χ0n) is 14.1. The molecule has 1 amide bonds. The maximum Gasteiger partial charge on any atom is 0.291 e. The molecule has 2 aromatic carbocycles. The maximum atomic E-state index is 12.6. The Labute approximate surface area is 146 Å². The quantitative estimate of drug-likeness (QED) is 0.800. The van der Waals surface area contributed by atoms with Gasteiger partial charge in [-0.3, -0.25) is 4.79 Å². The van der Waals surface area contributed by atoms with Gasteiger partial charge in [0.15, 0.2) is 0 Å². The topological polar surface area (TPSA) is 59.8 Å². The van der Waals surface area contributed by atoms with Crippen molar-refractivity contribution in [1.82, 2.24) is 20.1 Å². The number of hydrogen-bond donors (Lipinski definition) is 1. The molecule has 1 atom stereocenters. The van der Waals surface area contributed by atoms with E-state index in [2.05, 4.69) is 27.5 Å². The highest BCUT2D eigenvalue weighted by atomic mass is 16.2. The van der Waals surface area contributed by atoms with Crippen molar-refractivity contribution in [3.63, 3.8) is 0 Å². The molecule has 0 aliphatic heterocycles. The van der Waals surface area contributed by atoms with Crippen molar-refractivity contribution < 1.29 is 4.79 Å². The van der Waals surface area contributed by atoms with E-state index >= 15 is 0 Å². The van der Waals surface area contributed by atoms with Gasteiger partial charge in [-0.25, -0.2) is 9.67 Å². The minimum absolute atomic E-state index is 0.0313. The van der Waals surface area contributed by atoms with Crippen LogP contribution in [0.5, 0.6) is 0 Å². The first-order chi connectivity index (χ1) is 12.2. The fourth-order valence-electron chi connectivity index (χ4n) is 3.32. The van der Waals surface area contributed by atoms with Crippen molar-refractivity contribution >= 4 is 5.91 Å². The lowest BCUT2D eigenvalue weighted by molar-refractivity contribution is 0.0922. The van der Waals surface area contributed by atoms with Crippen LogP contribution >= 0.6 is 0 Å². The van der Waals surface area contributed by atoms with Gasteiger partial charge in [-0.1, -0.05) is 42.0 Å². The van der Waals surface area contributed by atoms with E-state index in [0.717, 1.165) is 24.9 Å². The third-order valence-electron chi connectivity index (χ3n) is 4.67. The van der Waals surface area contributed by atoms with Gasteiger partial charge in [0.25, 0.3) is 5.91 Å². The Hall–Kier alpha value is -2.95. The van der Waals surface area contributed by atoms with Gasteiger partial charge >= 0.3 is 0 Å². The molecular weight excluding hydrogens is 312 g/mol. The minimum Gasteiger partial charge on any atom is -0.342 e. The highest BCUT2D eigenvalue weighted by molar-refractivity contribution is 5.90. The normalized spacial score (nSPS) is 16.3. The Bertz CT molecular complexity index is 898. The Morgan fingerprint density at radius 1 is 1.16 bits per heavy atom. The third kappa shape index (κ3) is 3.18. The van der Waals surface area contributed by atoms with Crippen LogP contribution in [0.1, 0.15) is 46.2 Å². The molecule has 4 rings (SSSR count). The van der Waals surface area contributed by atoms with Crippen LogP contribution in [0.15, 0.2) is 54.9 Å². The van der Waals surface area contributed by atoms with E-state index in [1.807, 2.05) is 43.3 Å². The van der Waals surface area contributed by atoms with Crippen molar-refractivity contribution in [2.24, 2.45) is 0 Å². The van der Waals surface area contributed by atoms with Crippen LogP contribution in [0.4, 0.5) is 0 Å². The average Bonchev–Trinajstić information content (AvgIpc) is 3.13. The highest BCUT2D eigenvalue weighted by Gasteiger charge is 2.23. The molecular formula is C20H20N4O. The molecule has 0 radical (unpaired) electrons. The minimum atomic E-state index is -0.229. The third-order valence-corrected chi connectivity index (χ3v) is 4.67.